The molecule has 0 radical (unpaired) electrons. The Morgan fingerprint density at radius 3 is 2.37 bits per heavy atom. The van der Waals surface area contributed by atoms with Crippen LogP contribution in [0.5, 0.6) is 0 Å². The molecule has 19 heavy (non-hydrogen) atoms. The van der Waals surface area contributed by atoms with E-state index in [0.717, 1.165) is 25.5 Å². The Morgan fingerprint density at radius 2 is 1.89 bits per heavy atom. The molecule has 0 bridgehead atoms. The van der Waals surface area contributed by atoms with Crippen LogP contribution in [0.25, 0.3) is 0 Å². The molecule has 3 nitrogen and oxygen atoms in total. The fraction of sp³-hybridized carbons (Fsp3) is 1.00. The van der Waals surface area contributed by atoms with E-state index in [0.29, 0.717) is 11.5 Å². The van der Waals surface area contributed by atoms with Crippen molar-refractivity contribution in [2.24, 2.45) is 22.5 Å². The molecule has 0 spiro atoms. The molecule has 3 fully saturated rings. The zero-order valence-electron chi connectivity index (χ0n) is 12.8. The van der Waals surface area contributed by atoms with Gasteiger partial charge in [0.1, 0.15) is 0 Å². The van der Waals surface area contributed by atoms with Gasteiger partial charge in [0.15, 0.2) is 0 Å². The zero-order chi connectivity index (χ0) is 13.7. The van der Waals surface area contributed by atoms with E-state index in [1.807, 2.05) is 0 Å². The predicted octanol–water partition coefficient (Wildman–Crippen LogP) is 2.30. The van der Waals surface area contributed by atoms with E-state index in [2.05, 4.69) is 26.1 Å². The van der Waals surface area contributed by atoms with Crippen LogP contribution < -0.4 is 11.1 Å². The summed E-state index contributed by atoms with van der Waals surface area (Å²) in [6.07, 6.45) is 7.14. The lowest BCUT2D eigenvalue weighted by atomic mass is 9.54. The first kappa shape index (κ1) is 13.8. The first-order valence-electron chi connectivity index (χ1n) is 8.05. The molecule has 0 heterocycles. The molecule has 0 saturated heterocycles. The Morgan fingerprint density at radius 1 is 1.21 bits per heavy atom. The second kappa shape index (κ2) is 4.44. The third-order valence-corrected chi connectivity index (χ3v) is 6.26. The summed E-state index contributed by atoms with van der Waals surface area (Å²) in [6.45, 7) is 9.50. The maximum Gasteiger partial charge on any atom is 0.0662 e. The minimum atomic E-state index is -0.0908. The van der Waals surface area contributed by atoms with Gasteiger partial charge in [-0.1, -0.05) is 13.8 Å². The maximum atomic E-state index is 6.60. The quantitative estimate of drug-likeness (QED) is 0.743. The van der Waals surface area contributed by atoms with Crippen LogP contribution in [-0.4, -0.2) is 31.3 Å². The summed E-state index contributed by atoms with van der Waals surface area (Å²) in [7, 11) is 0. The largest absolute Gasteiger partial charge is 0.378 e. The van der Waals surface area contributed by atoms with Crippen molar-refractivity contribution in [2.75, 3.05) is 19.7 Å². The van der Waals surface area contributed by atoms with Gasteiger partial charge in [0.05, 0.1) is 6.10 Å². The summed E-state index contributed by atoms with van der Waals surface area (Å²) >= 11 is 0. The van der Waals surface area contributed by atoms with Crippen molar-refractivity contribution in [3.63, 3.8) is 0 Å². The van der Waals surface area contributed by atoms with Crippen molar-refractivity contribution in [2.45, 2.75) is 64.5 Å². The van der Waals surface area contributed by atoms with Gasteiger partial charge in [0, 0.05) is 30.7 Å². The van der Waals surface area contributed by atoms with E-state index in [1.54, 1.807) is 0 Å². The number of hydrogen-bond acceptors (Lipinski definition) is 3. The van der Waals surface area contributed by atoms with Crippen molar-refractivity contribution < 1.29 is 4.74 Å². The van der Waals surface area contributed by atoms with E-state index >= 15 is 0 Å². The molecule has 3 N–H and O–H groups in total. The highest BCUT2D eigenvalue weighted by atomic mass is 16.5. The van der Waals surface area contributed by atoms with Gasteiger partial charge in [-0.3, -0.25) is 0 Å². The molecular weight excluding hydrogens is 236 g/mol. The van der Waals surface area contributed by atoms with Crippen molar-refractivity contribution in [1.82, 2.24) is 5.32 Å². The van der Waals surface area contributed by atoms with Crippen LogP contribution in [0.15, 0.2) is 0 Å². The Balaban J connectivity index is 1.47. The molecular formula is C16H30N2O. The Kier molecular flexibility index (Phi) is 3.23. The summed E-state index contributed by atoms with van der Waals surface area (Å²) < 4.78 is 5.79. The normalized spacial score (nSPS) is 38.8. The first-order valence-corrected chi connectivity index (χ1v) is 8.05. The second-order valence-electron chi connectivity index (χ2n) is 7.77. The average Bonchev–Trinajstić information content (AvgIpc) is 3.22. The highest BCUT2D eigenvalue weighted by molar-refractivity contribution is 5.15. The molecule has 2 unspecified atom stereocenters. The number of hydrogen-bond donors (Lipinski definition) is 2. The molecule has 3 rings (SSSR count). The summed E-state index contributed by atoms with van der Waals surface area (Å²) in [6, 6.07) is 0. The molecule has 0 amide bonds. The fourth-order valence-electron chi connectivity index (χ4n) is 3.93. The maximum absolute atomic E-state index is 6.60. The number of nitrogens with one attached hydrogen (secondary N) is 1. The molecule has 0 aromatic carbocycles. The molecule has 0 aliphatic heterocycles. The lowest BCUT2D eigenvalue weighted by Gasteiger charge is -2.59. The van der Waals surface area contributed by atoms with E-state index in [9.17, 15) is 0 Å². The first-order chi connectivity index (χ1) is 8.94. The Hall–Kier alpha value is -0.120. The van der Waals surface area contributed by atoms with Gasteiger partial charge in [0.2, 0.25) is 0 Å². The third-order valence-electron chi connectivity index (χ3n) is 6.26. The second-order valence-corrected chi connectivity index (χ2v) is 7.77. The van der Waals surface area contributed by atoms with Gasteiger partial charge in [-0.15, -0.1) is 0 Å². The Bertz CT molecular complexity index is 347. The van der Waals surface area contributed by atoms with Crippen LogP contribution >= 0.6 is 0 Å². The lowest BCUT2D eigenvalue weighted by molar-refractivity contribution is -0.148. The van der Waals surface area contributed by atoms with Crippen LogP contribution in [-0.2, 0) is 4.74 Å². The van der Waals surface area contributed by atoms with Crippen LogP contribution in [0, 0.1) is 16.7 Å². The van der Waals surface area contributed by atoms with Gasteiger partial charge in [-0.25, -0.2) is 0 Å². The number of nitrogens with two attached hydrogens (primary N) is 1. The average molecular weight is 266 g/mol. The van der Waals surface area contributed by atoms with Crippen LogP contribution in [0.2, 0.25) is 0 Å². The van der Waals surface area contributed by atoms with Gasteiger partial charge < -0.3 is 15.8 Å². The van der Waals surface area contributed by atoms with Crippen LogP contribution in [0.4, 0.5) is 0 Å². The van der Waals surface area contributed by atoms with Crippen molar-refractivity contribution in [3.8, 4) is 0 Å². The minimum Gasteiger partial charge on any atom is -0.378 e. The van der Waals surface area contributed by atoms with E-state index in [1.165, 1.54) is 32.2 Å². The summed E-state index contributed by atoms with van der Waals surface area (Å²) in [5.74, 6) is 1.03. The summed E-state index contributed by atoms with van der Waals surface area (Å²) in [5, 5.41) is 3.69. The van der Waals surface area contributed by atoms with E-state index in [4.69, 9.17) is 10.5 Å². The predicted molar refractivity (Wildman–Crippen MR) is 78.0 cm³/mol. The lowest BCUT2D eigenvalue weighted by Crippen LogP contribution is -2.73. The zero-order valence-corrected chi connectivity index (χ0v) is 12.8. The van der Waals surface area contributed by atoms with Crippen LogP contribution in [0.3, 0.4) is 0 Å². The molecule has 3 saturated carbocycles. The van der Waals surface area contributed by atoms with Gasteiger partial charge >= 0.3 is 0 Å². The standard InChI is InChI=1S/C16H30N2O/c1-4-19-13-9-16(17,14(13,2)3)11-18-10-15(7-8-15)12-5-6-12/h12-13,18H,4-11,17H2,1-3H3. The summed E-state index contributed by atoms with van der Waals surface area (Å²) in [4.78, 5) is 0. The number of rotatable bonds is 7. The van der Waals surface area contributed by atoms with Gasteiger partial charge in [-0.05, 0) is 50.4 Å². The molecule has 0 aromatic heterocycles. The Labute approximate surface area is 117 Å². The smallest absolute Gasteiger partial charge is 0.0662 e. The van der Waals surface area contributed by atoms with E-state index < -0.39 is 0 Å². The molecule has 3 aliphatic rings. The number of ether oxygens (including phenoxy) is 1. The third kappa shape index (κ3) is 2.24. The fourth-order valence-corrected chi connectivity index (χ4v) is 3.93. The van der Waals surface area contributed by atoms with Gasteiger partial charge in [0.25, 0.3) is 0 Å². The summed E-state index contributed by atoms with van der Waals surface area (Å²) in [5.41, 5.74) is 7.27. The van der Waals surface area contributed by atoms with Crippen molar-refractivity contribution in [3.05, 3.63) is 0 Å². The SMILES string of the molecule is CCOC1CC(N)(CNCC2(C3CC3)CC2)C1(C)C. The van der Waals surface area contributed by atoms with Gasteiger partial charge in [-0.2, -0.15) is 0 Å². The molecule has 0 aromatic rings. The van der Waals surface area contributed by atoms with Crippen LogP contribution in [0.1, 0.15) is 52.9 Å². The highest BCUT2D eigenvalue weighted by Crippen LogP contribution is 2.61. The van der Waals surface area contributed by atoms with Crippen molar-refractivity contribution in [1.29, 1.82) is 0 Å². The molecule has 2 atom stereocenters. The van der Waals surface area contributed by atoms with Crippen molar-refractivity contribution >= 4 is 0 Å². The molecule has 3 heteroatoms. The topological polar surface area (TPSA) is 47.3 Å². The monoisotopic (exact) mass is 266 g/mol. The molecule has 110 valence electrons. The molecule has 3 aliphatic carbocycles. The highest BCUT2D eigenvalue weighted by Gasteiger charge is 2.59. The van der Waals surface area contributed by atoms with E-state index in [-0.39, 0.29) is 11.0 Å². The minimum absolute atomic E-state index is 0.0896.